The van der Waals surface area contributed by atoms with Gasteiger partial charge in [-0.05, 0) is 23.1 Å². The lowest BCUT2D eigenvalue weighted by atomic mass is 10.2. The van der Waals surface area contributed by atoms with Crippen molar-refractivity contribution in [3.05, 3.63) is 53.5 Å². The maximum atomic E-state index is 11.5. The predicted octanol–water partition coefficient (Wildman–Crippen LogP) is 4.31. The number of rotatable bonds is 4. The second-order valence-electron chi connectivity index (χ2n) is 4.68. The first-order valence-corrected chi connectivity index (χ1v) is 6.47. The summed E-state index contributed by atoms with van der Waals surface area (Å²) in [5.74, 6) is 0.0191. The first-order valence-electron chi connectivity index (χ1n) is 5.59. The van der Waals surface area contributed by atoms with Crippen molar-refractivity contribution in [1.29, 1.82) is 0 Å². The van der Waals surface area contributed by atoms with E-state index >= 15 is 0 Å². The van der Waals surface area contributed by atoms with Gasteiger partial charge in [0.25, 0.3) is 0 Å². The number of hydrogen-bond acceptors (Lipinski definition) is 2. The van der Waals surface area contributed by atoms with Gasteiger partial charge in [0.1, 0.15) is 0 Å². The van der Waals surface area contributed by atoms with E-state index < -0.39 is 0 Å². The zero-order valence-corrected chi connectivity index (χ0v) is 11.3. The van der Waals surface area contributed by atoms with Crippen molar-refractivity contribution in [3.63, 3.8) is 0 Å². The molecule has 0 heterocycles. The minimum absolute atomic E-state index is 0.0191. The zero-order chi connectivity index (χ0) is 12.7. The maximum absolute atomic E-state index is 11.5. The highest BCUT2D eigenvalue weighted by Gasteiger charge is 2.07. The monoisotopic (exact) mass is 246 g/mol. The molecule has 0 saturated carbocycles. The van der Waals surface area contributed by atoms with Crippen molar-refractivity contribution in [2.24, 2.45) is 0 Å². The van der Waals surface area contributed by atoms with Gasteiger partial charge in [-0.25, -0.2) is 0 Å². The third kappa shape index (κ3) is 6.80. The third-order valence-corrected chi connectivity index (χ3v) is 2.87. The van der Waals surface area contributed by atoms with Crippen molar-refractivity contribution in [2.45, 2.75) is 25.5 Å². The second kappa shape index (κ2) is 6.45. The third-order valence-electron chi connectivity index (χ3n) is 1.89. The number of allylic oxidation sites excluding steroid dienone is 2. The van der Waals surface area contributed by atoms with Crippen molar-refractivity contribution in [3.8, 4) is 0 Å². The maximum Gasteiger partial charge on any atom is 0.179 e. The summed E-state index contributed by atoms with van der Waals surface area (Å²) >= 11 is 1.65. The van der Waals surface area contributed by atoms with Crippen LogP contribution in [0.2, 0.25) is 0 Å². The van der Waals surface area contributed by atoms with Crippen LogP contribution >= 0.6 is 11.8 Å². The van der Waals surface area contributed by atoms with E-state index in [2.05, 4.69) is 20.8 Å². The Balaban J connectivity index is 2.48. The minimum atomic E-state index is 0.0191. The summed E-state index contributed by atoms with van der Waals surface area (Å²) in [7, 11) is 0. The quantitative estimate of drug-likeness (QED) is 0.736. The summed E-state index contributed by atoms with van der Waals surface area (Å²) in [5, 5.41) is 1.86. The molecule has 90 valence electrons. The van der Waals surface area contributed by atoms with Gasteiger partial charge in [-0.3, -0.25) is 4.79 Å². The molecule has 2 heteroatoms. The molecule has 0 aliphatic rings. The van der Waals surface area contributed by atoms with Crippen LogP contribution < -0.4 is 0 Å². The number of carbonyl (C=O) groups is 1. The van der Waals surface area contributed by atoms with Crippen LogP contribution in [0.3, 0.4) is 0 Å². The zero-order valence-electron chi connectivity index (χ0n) is 10.5. The Labute approximate surface area is 108 Å². The highest BCUT2D eigenvalue weighted by Crippen LogP contribution is 2.23. The fraction of sp³-hybridized carbons (Fsp3) is 0.267. The van der Waals surface area contributed by atoms with E-state index in [1.807, 2.05) is 41.8 Å². The average Bonchev–Trinajstić information content (AvgIpc) is 2.26. The van der Waals surface area contributed by atoms with E-state index in [1.165, 1.54) is 0 Å². The molecule has 0 radical (unpaired) electrons. The van der Waals surface area contributed by atoms with E-state index in [4.69, 9.17) is 0 Å². The summed E-state index contributed by atoms with van der Waals surface area (Å²) in [6.45, 7) is 6.35. The van der Waals surface area contributed by atoms with Gasteiger partial charge in [0.15, 0.2) is 5.78 Å². The molecular formula is C15H18OS. The number of thioether (sulfide) groups is 1. The lowest BCUT2D eigenvalue weighted by molar-refractivity contribution is -0.110. The number of benzene rings is 1. The Morgan fingerprint density at radius 3 is 2.35 bits per heavy atom. The Bertz CT molecular complexity index is 410. The van der Waals surface area contributed by atoms with Gasteiger partial charge in [-0.15, -0.1) is 11.8 Å². The molecule has 1 aromatic rings. The molecule has 0 aromatic heterocycles. The van der Waals surface area contributed by atoms with Crippen molar-refractivity contribution in [2.75, 3.05) is 0 Å². The Hall–Kier alpha value is -1.28. The molecule has 0 unspecified atom stereocenters. The smallest absolute Gasteiger partial charge is 0.179 e. The fourth-order valence-corrected chi connectivity index (χ4v) is 1.71. The Kier molecular flexibility index (Phi) is 5.23. The molecule has 0 fully saturated rings. The molecule has 0 atom stereocenters. The molecule has 0 amide bonds. The SMILES string of the molecule is CC(C)(C)S/C=C/C(=O)/C=C/c1ccccc1. The van der Waals surface area contributed by atoms with Crippen LogP contribution in [0.5, 0.6) is 0 Å². The summed E-state index contributed by atoms with van der Waals surface area (Å²) in [6, 6.07) is 9.80. The minimum Gasteiger partial charge on any atom is -0.290 e. The highest BCUT2D eigenvalue weighted by molar-refractivity contribution is 8.03. The number of hydrogen-bond donors (Lipinski definition) is 0. The van der Waals surface area contributed by atoms with Crippen molar-refractivity contribution in [1.82, 2.24) is 0 Å². The molecule has 0 spiro atoms. The number of ketones is 1. The average molecular weight is 246 g/mol. The lowest BCUT2D eigenvalue weighted by Gasteiger charge is -2.13. The van der Waals surface area contributed by atoms with Crippen molar-refractivity contribution >= 4 is 23.6 Å². The van der Waals surface area contributed by atoms with Gasteiger partial charge < -0.3 is 0 Å². The van der Waals surface area contributed by atoms with Gasteiger partial charge in [-0.2, -0.15) is 0 Å². The summed E-state index contributed by atoms with van der Waals surface area (Å²) in [6.07, 6.45) is 5.03. The van der Waals surface area contributed by atoms with Gasteiger partial charge >= 0.3 is 0 Å². The van der Waals surface area contributed by atoms with E-state index in [1.54, 1.807) is 23.9 Å². The van der Waals surface area contributed by atoms with Crippen LogP contribution in [-0.4, -0.2) is 10.5 Å². The van der Waals surface area contributed by atoms with Crippen LogP contribution in [0.1, 0.15) is 26.3 Å². The lowest BCUT2D eigenvalue weighted by Crippen LogP contribution is -2.04. The molecular weight excluding hydrogens is 228 g/mol. The molecule has 17 heavy (non-hydrogen) atoms. The van der Waals surface area contributed by atoms with Gasteiger partial charge in [0.2, 0.25) is 0 Å². The van der Waals surface area contributed by atoms with Crippen LogP contribution in [0.15, 0.2) is 47.9 Å². The molecule has 1 rings (SSSR count). The van der Waals surface area contributed by atoms with Gasteiger partial charge in [0, 0.05) is 4.75 Å². The topological polar surface area (TPSA) is 17.1 Å². The summed E-state index contributed by atoms with van der Waals surface area (Å²) in [4.78, 5) is 11.5. The summed E-state index contributed by atoms with van der Waals surface area (Å²) < 4.78 is 0.153. The van der Waals surface area contributed by atoms with Crippen LogP contribution in [-0.2, 0) is 4.79 Å². The molecule has 0 aliphatic carbocycles. The van der Waals surface area contributed by atoms with E-state index in [0.717, 1.165) is 5.56 Å². The highest BCUT2D eigenvalue weighted by atomic mass is 32.2. The molecule has 0 saturated heterocycles. The molecule has 0 N–H and O–H groups in total. The fourth-order valence-electron chi connectivity index (χ4n) is 1.10. The summed E-state index contributed by atoms with van der Waals surface area (Å²) in [5.41, 5.74) is 1.04. The molecule has 0 bridgehead atoms. The van der Waals surface area contributed by atoms with Crippen LogP contribution in [0.4, 0.5) is 0 Å². The van der Waals surface area contributed by atoms with Crippen LogP contribution in [0.25, 0.3) is 6.08 Å². The van der Waals surface area contributed by atoms with E-state index in [-0.39, 0.29) is 10.5 Å². The Morgan fingerprint density at radius 2 is 1.76 bits per heavy atom. The van der Waals surface area contributed by atoms with E-state index in [9.17, 15) is 4.79 Å². The number of carbonyl (C=O) groups excluding carboxylic acids is 1. The first kappa shape index (κ1) is 13.8. The first-order chi connectivity index (χ1) is 7.97. The molecule has 0 aliphatic heterocycles. The Morgan fingerprint density at radius 1 is 1.12 bits per heavy atom. The standard InChI is InChI=1S/C15H18OS/c1-15(2,3)17-12-11-14(16)10-9-13-7-5-4-6-8-13/h4-12H,1-3H3/b10-9+,12-11+. The second-order valence-corrected chi connectivity index (χ2v) is 6.41. The largest absolute Gasteiger partial charge is 0.290 e. The molecule has 1 nitrogen and oxygen atoms in total. The van der Waals surface area contributed by atoms with Gasteiger partial charge in [0.05, 0.1) is 0 Å². The van der Waals surface area contributed by atoms with Crippen molar-refractivity contribution < 1.29 is 4.79 Å². The molecule has 1 aromatic carbocycles. The normalized spacial score (nSPS) is 12.4. The van der Waals surface area contributed by atoms with Gasteiger partial charge in [-0.1, -0.05) is 57.2 Å². The van der Waals surface area contributed by atoms with Crippen LogP contribution in [0, 0.1) is 0 Å². The predicted molar refractivity (Wildman–Crippen MR) is 77.0 cm³/mol. The van der Waals surface area contributed by atoms with E-state index in [0.29, 0.717) is 0 Å².